The molecule has 0 amide bonds. The summed E-state index contributed by atoms with van der Waals surface area (Å²) < 4.78 is 2.36. The first kappa shape index (κ1) is 15.8. The molecule has 4 aromatic rings. The molecular formula is C25H20N2. The van der Waals surface area contributed by atoms with Crippen molar-refractivity contribution < 1.29 is 0 Å². The zero-order valence-electron chi connectivity index (χ0n) is 15.2. The standard InChI is InChI=1S/C25H20N2/c1-3-17-13-14-20(15-18(17)4-2)25-24-16-19-9-5-7-11-22(19)27(24)23-12-8-6-10-21(23)26-25/h3-5,7,9-16H,1-2,6,8H2. The number of hydrogen-bond acceptors (Lipinski definition) is 1. The Morgan fingerprint density at radius 2 is 1.67 bits per heavy atom. The van der Waals surface area contributed by atoms with Crippen molar-refractivity contribution >= 4 is 40.7 Å². The lowest BCUT2D eigenvalue weighted by molar-refractivity contribution is 1.01. The minimum atomic E-state index is 1.01. The number of benzene rings is 2. The topological polar surface area (TPSA) is 17.3 Å². The number of aromatic nitrogens is 2. The number of para-hydroxylation sites is 1. The van der Waals surface area contributed by atoms with E-state index in [0.29, 0.717) is 0 Å². The average molecular weight is 348 g/mol. The molecule has 0 atom stereocenters. The Hall–Kier alpha value is -3.39. The fourth-order valence-electron chi connectivity index (χ4n) is 4.02. The van der Waals surface area contributed by atoms with Crippen molar-refractivity contribution in [3.05, 3.63) is 83.5 Å². The molecular weight excluding hydrogens is 328 g/mol. The normalized spacial score (nSPS) is 13.0. The maximum Gasteiger partial charge on any atom is 0.0950 e. The second kappa shape index (κ2) is 6.10. The van der Waals surface area contributed by atoms with E-state index in [4.69, 9.17) is 4.98 Å². The Balaban J connectivity index is 1.94. The first-order chi connectivity index (χ1) is 13.3. The molecule has 2 heterocycles. The van der Waals surface area contributed by atoms with Gasteiger partial charge in [0.1, 0.15) is 0 Å². The number of fused-ring (bicyclic) bond motifs is 5. The van der Waals surface area contributed by atoms with E-state index in [2.05, 4.69) is 78.2 Å². The molecule has 2 heteroatoms. The Morgan fingerprint density at radius 1 is 0.852 bits per heavy atom. The van der Waals surface area contributed by atoms with Crippen LogP contribution in [-0.4, -0.2) is 9.38 Å². The van der Waals surface area contributed by atoms with Gasteiger partial charge < -0.3 is 4.40 Å². The molecule has 2 nitrogen and oxygen atoms in total. The largest absolute Gasteiger partial charge is 0.306 e. The Morgan fingerprint density at radius 3 is 2.52 bits per heavy atom. The van der Waals surface area contributed by atoms with Gasteiger partial charge in [-0.1, -0.05) is 67.8 Å². The molecule has 0 spiro atoms. The Kier molecular flexibility index (Phi) is 3.58. The van der Waals surface area contributed by atoms with Crippen LogP contribution in [0.1, 0.15) is 24.0 Å². The summed E-state index contributed by atoms with van der Waals surface area (Å²) in [6.07, 6.45) is 10.4. The summed E-state index contributed by atoms with van der Waals surface area (Å²) in [6.45, 7) is 7.86. The SMILES string of the molecule is C=Cc1ccc(-c2nc3c(n4c2cc2ccccc24)=CCCC=3)cc1C=C. The summed E-state index contributed by atoms with van der Waals surface area (Å²) in [6, 6.07) is 17.2. The van der Waals surface area contributed by atoms with Gasteiger partial charge in [0.05, 0.1) is 27.4 Å². The molecule has 1 aliphatic rings. The van der Waals surface area contributed by atoms with Crippen LogP contribution in [0, 0.1) is 0 Å². The van der Waals surface area contributed by atoms with Gasteiger partial charge in [-0.05, 0) is 42.2 Å². The van der Waals surface area contributed by atoms with Crippen molar-refractivity contribution in [3.63, 3.8) is 0 Å². The molecule has 27 heavy (non-hydrogen) atoms. The maximum absolute atomic E-state index is 5.07. The number of hydrogen-bond donors (Lipinski definition) is 0. The molecule has 0 N–H and O–H groups in total. The smallest absolute Gasteiger partial charge is 0.0950 e. The van der Waals surface area contributed by atoms with Crippen LogP contribution in [0.2, 0.25) is 0 Å². The molecule has 0 saturated heterocycles. The van der Waals surface area contributed by atoms with E-state index in [0.717, 1.165) is 46.1 Å². The molecule has 5 rings (SSSR count). The van der Waals surface area contributed by atoms with Crippen LogP contribution in [0.5, 0.6) is 0 Å². The molecule has 0 bridgehead atoms. The van der Waals surface area contributed by atoms with Gasteiger partial charge in [0.2, 0.25) is 0 Å². The predicted octanol–water partition coefficient (Wildman–Crippen LogP) is 4.80. The summed E-state index contributed by atoms with van der Waals surface area (Å²) in [5.74, 6) is 0. The van der Waals surface area contributed by atoms with Gasteiger partial charge in [-0.3, -0.25) is 0 Å². The van der Waals surface area contributed by atoms with Gasteiger partial charge in [-0.25, -0.2) is 4.98 Å². The van der Waals surface area contributed by atoms with Crippen LogP contribution >= 0.6 is 0 Å². The van der Waals surface area contributed by atoms with Crippen molar-refractivity contribution in [3.8, 4) is 11.3 Å². The minimum Gasteiger partial charge on any atom is -0.306 e. The van der Waals surface area contributed by atoms with Crippen molar-refractivity contribution in [2.24, 2.45) is 0 Å². The van der Waals surface area contributed by atoms with Gasteiger partial charge in [-0.15, -0.1) is 0 Å². The lowest BCUT2D eigenvalue weighted by Gasteiger charge is -2.11. The zero-order valence-corrected chi connectivity index (χ0v) is 15.2. The summed E-state index contributed by atoms with van der Waals surface area (Å²) in [5.41, 5.74) is 6.64. The third-order valence-electron chi connectivity index (χ3n) is 5.33. The van der Waals surface area contributed by atoms with Gasteiger partial charge in [0.25, 0.3) is 0 Å². The summed E-state index contributed by atoms with van der Waals surface area (Å²) in [4.78, 5) is 5.07. The first-order valence-electron chi connectivity index (χ1n) is 9.30. The molecule has 2 aromatic carbocycles. The van der Waals surface area contributed by atoms with Crippen LogP contribution in [0.15, 0.2) is 61.7 Å². The van der Waals surface area contributed by atoms with Crippen LogP contribution < -0.4 is 10.7 Å². The highest BCUT2D eigenvalue weighted by molar-refractivity contribution is 5.93. The fourth-order valence-corrected chi connectivity index (χ4v) is 4.02. The van der Waals surface area contributed by atoms with Crippen LogP contribution in [-0.2, 0) is 0 Å². The van der Waals surface area contributed by atoms with E-state index < -0.39 is 0 Å². The summed E-state index contributed by atoms with van der Waals surface area (Å²) in [7, 11) is 0. The lowest BCUT2D eigenvalue weighted by atomic mass is 10.0. The minimum absolute atomic E-state index is 1.01. The molecule has 0 fully saturated rings. The number of rotatable bonds is 3. The molecule has 0 unspecified atom stereocenters. The van der Waals surface area contributed by atoms with E-state index in [1.165, 1.54) is 16.3 Å². The maximum atomic E-state index is 5.07. The fraction of sp³-hybridized carbons (Fsp3) is 0.0800. The molecule has 0 aliphatic heterocycles. The van der Waals surface area contributed by atoms with E-state index in [9.17, 15) is 0 Å². The number of nitrogens with zero attached hydrogens (tertiary/aromatic N) is 2. The third-order valence-corrected chi connectivity index (χ3v) is 5.33. The van der Waals surface area contributed by atoms with E-state index in [-0.39, 0.29) is 0 Å². The molecule has 2 aromatic heterocycles. The van der Waals surface area contributed by atoms with Crippen molar-refractivity contribution in [1.29, 1.82) is 0 Å². The van der Waals surface area contributed by atoms with E-state index in [1.54, 1.807) is 0 Å². The average Bonchev–Trinajstić information content (AvgIpc) is 3.12. The lowest BCUT2D eigenvalue weighted by Crippen LogP contribution is -2.36. The molecule has 1 aliphatic carbocycles. The second-order valence-electron chi connectivity index (χ2n) is 6.89. The first-order valence-corrected chi connectivity index (χ1v) is 9.30. The summed E-state index contributed by atoms with van der Waals surface area (Å²) in [5, 5.41) is 3.51. The second-order valence-corrected chi connectivity index (χ2v) is 6.89. The highest BCUT2D eigenvalue weighted by Gasteiger charge is 2.14. The zero-order chi connectivity index (χ0) is 18.4. The highest BCUT2D eigenvalue weighted by atomic mass is 14.9. The van der Waals surface area contributed by atoms with Crippen LogP contribution in [0.3, 0.4) is 0 Å². The molecule has 130 valence electrons. The predicted molar refractivity (Wildman–Crippen MR) is 116 cm³/mol. The monoisotopic (exact) mass is 348 g/mol. The third kappa shape index (κ3) is 2.37. The highest BCUT2D eigenvalue weighted by Crippen LogP contribution is 2.28. The van der Waals surface area contributed by atoms with Crippen molar-refractivity contribution in [1.82, 2.24) is 9.38 Å². The quantitative estimate of drug-likeness (QED) is 0.520. The summed E-state index contributed by atoms with van der Waals surface area (Å²) >= 11 is 0. The van der Waals surface area contributed by atoms with Gasteiger partial charge in [0.15, 0.2) is 0 Å². The van der Waals surface area contributed by atoms with Gasteiger partial charge >= 0.3 is 0 Å². The van der Waals surface area contributed by atoms with E-state index in [1.807, 2.05) is 12.2 Å². The van der Waals surface area contributed by atoms with Gasteiger partial charge in [-0.2, -0.15) is 0 Å². The molecule has 0 radical (unpaired) electrons. The van der Waals surface area contributed by atoms with Crippen LogP contribution in [0.25, 0.3) is 52.0 Å². The Labute approximate surface area is 158 Å². The van der Waals surface area contributed by atoms with Crippen molar-refractivity contribution in [2.45, 2.75) is 12.8 Å². The van der Waals surface area contributed by atoms with Crippen LogP contribution in [0.4, 0.5) is 0 Å². The Bertz CT molecular complexity index is 1350. The van der Waals surface area contributed by atoms with Gasteiger partial charge in [0, 0.05) is 10.9 Å². The molecule has 0 saturated carbocycles. The van der Waals surface area contributed by atoms with Crippen molar-refractivity contribution in [2.75, 3.05) is 0 Å². The van der Waals surface area contributed by atoms with E-state index >= 15 is 0 Å².